The first-order chi connectivity index (χ1) is 9.27. The molecule has 1 rings (SSSR count). The molecule has 0 bridgehead atoms. The molecule has 0 aliphatic carbocycles. The zero-order valence-corrected chi connectivity index (χ0v) is 11.3. The standard InChI is InChI=1S/C12H20N4O3/c1-13-11-9-15-10(8-16-11)12(17)14-4-3-5-19-7-6-18-2/h8-9H,3-7H2,1-2H3,(H,13,16)(H,14,17). The minimum absolute atomic E-state index is 0.230. The number of anilines is 1. The Kier molecular flexibility index (Phi) is 7.45. The van der Waals surface area contributed by atoms with Crippen molar-refractivity contribution in [1.82, 2.24) is 15.3 Å². The van der Waals surface area contributed by atoms with Crippen molar-refractivity contribution in [2.45, 2.75) is 6.42 Å². The number of carbonyl (C=O) groups excluding carboxylic acids is 1. The van der Waals surface area contributed by atoms with E-state index in [0.29, 0.717) is 37.9 Å². The van der Waals surface area contributed by atoms with Gasteiger partial charge in [-0.05, 0) is 6.42 Å². The van der Waals surface area contributed by atoms with E-state index < -0.39 is 0 Å². The van der Waals surface area contributed by atoms with Gasteiger partial charge in [0.2, 0.25) is 0 Å². The van der Waals surface area contributed by atoms with Crippen LogP contribution in [0.2, 0.25) is 0 Å². The van der Waals surface area contributed by atoms with Crippen LogP contribution in [0, 0.1) is 0 Å². The SMILES string of the molecule is CNc1cnc(C(=O)NCCCOCCOC)cn1. The Morgan fingerprint density at radius 1 is 1.26 bits per heavy atom. The second kappa shape index (κ2) is 9.23. The van der Waals surface area contributed by atoms with Crippen molar-refractivity contribution >= 4 is 11.7 Å². The minimum Gasteiger partial charge on any atom is -0.382 e. The van der Waals surface area contributed by atoms with Crippen molar-refractivity contribution in [3.05, 3.63) is 18.1 Å². The Morgan fingerprint density at radius 2 is 2.11 bits per heavy atom. The Labute approximate surface area is 112 Å². The molecular weight excluding hydrogens is 248 g/mol. The van der Waals surface area contributed by atoms with Crippen LogP contribution < -0.4 is 10.6 Å². The highest BCUT2D eigenvalue weighted by Crippen LogP contribution is 1.99. The maximum absolute atomic E-state index is 11.7. The maximum atomic E-state index is 11.7. The molecular formula is C12H20N4O3. The van der Waals surface area contributed by atoms with E-state index in [-0.39, 0.29) is 5.91 Å². The molecule has 0 spiro atoms. The molecule has 0 saturated carbocycles. The molecule has 19 heavy (non-hydrogen) atoms. The number of rotatable bonds is 9. The van der Waals surface area contributed by atoms with E-state index in [0.717, 1.165) is 6.42 Å². The average Bonchev–Trinajstić information content (AvgIpc) is 2.46. The molecule has 106 valence electrons. The van der Waals surface area contributed by atoms with Crippen LogP contribution in [-0.4, -0.2) is 56.4 Å². The first kappa shape index (κ1) is 15.3. The highest BCUT2D eigenvalue weighted by molar-refractivity contribution is 5.91. The summed E-state index contributed by atoms with van der Waals surface area (Å²) in [5.74, 6) is 0.398. The first-order valence-corrected chi connectivity index (χ1v) is 6.12. The van der Waals surface area contributed by atoms with Gasteiger partial charge in [0.05, 0.1) is 25.6 Å². The summed E-state index contributed by atoms with van der Waals surface area (Å²) in [5.41, 5.74) is 0.305. The third-order valence-electron chi connectivity index (χ3n) is 2.32. The van der Waals surface area contributed by atoms with E-state index in [1.807, 2.05) is 0 Å². The number of ether oxygens (including phenoxy) is 2. The van der Waals surface area contributed by atoms with Gasteiger partial charge in [-0.15, -0.1) is 0 Å². The number of nitrogens with zero attached hydrogens (tertiary/aromatic N) is 2. The Bertz CT molecular complexity index is 370. The summed E-state index contributed by atoms with van der Waals surface area (Å²) in [6, 6.07) is 0. The van der Waals surface area contributed by atoms with Crippen LogP contribution in [0.4, 0.5) is 5.82 Å². The molecule has 0 unspecified atom stereocenters. The van der Waals surface area contributed by atoms with Crippen molar-refractivity contribution in [2.75, 3.05) is 45.8 Å². The number of hydrogen-bond acceptors (Lipinski definition) is 6. The zero-order chi connectivity index (χ0) is 13.9. The lowest BCUT2D eigenvalue weighted by Crippen LogP contribution is -2.26. The topological polar surface area (TPSA) is 85.4 Å². The van der Waals surface area contributed by atoms with Crippen LogP contribution in [0.1, 0.15) is 16.9 Å². The Balaban J connectivity index is 2.16. The third-order valence-corrected chi connectivity index (χ3v) is 2.32. The fourth-order valence-electron chi connectivity index (χ4n) is 1.29. The molecule has 0 aromatic carbocycles. The van der Waals surface area contributed by atoms with Gasteiger partial charge in [0.1, 0.15) is 11.5 Å². The zero-order valence-electron chi connectivity index (χ0n) is 11.3. The highest BCUT2D eigenvalue weighted by Gasteiger charge is 2.06. The van der Waals surface area contributed by atoms with Crippen LogP contribution >= 0.6 is 0 Å². The van der Waals surface area contributed by atoms with E-state index >= 15 is 0 Å². The summed E-state index contributed by atoms with van der Waals surface area (Å²) in [5, 5.41) is 5.59. The molecule has 1 aromatic heterocycles. The number of amides is 1. The number of aromatic nitrogens is 2. The first-order valence-electron chi connectivity index (χ1n) is 6.12. The van der Waals surface area contributed by atoms with E-state index in [2.05, 4.69) is 20.6 Å². The number of nitrogens with one attached hydrogen (secondary N) is 2. The summed E-state index contributed by atoms with van der Waals surface area (Å²) >= 11 is 0. The predicted molar refractivity (Wildman–Crippen MR) is 71.2 cm³/mol. The summed E-state index contributed by atoms with van der Waals surface area (Å²) in [6.45, 7) is 2.29. The molecule has 7 heteroatoms. The molecule has 0 aliphatic heterocycles. The van der Waals surface area contributed by atoms with Gasteiger partial charge in [0.25, 0.3) is 5.91 Å². The molecule has 0 fully saturated rings. The largest absolute Gasteiger partial charge is 0.382 e. The highest BCUT2D eigenvalue weighted by atomic mass is 16.5. The fourth-order valence-corrected chi connectivity index (χ4v) is 1.29. The second-order valence-corrected chi connectivity index (χ2v) is 3.75. The Hall–Kier alpha value is -1.73. The average molecular weight is 268 g/mol. The van der Waals surface area contributed by atoms with E-state index in [1.165, 1.54) is 12.4 Å². The van der Waals surface area contributed by atoms with Gasteiger partial charge in [0.15, 0.2) is 0 Å². The second-order valence-electron chi connectivity index (χ2n) is 3.75. The van der Waals surface area contributed by atoms with Crippen LogP contribution in [0.15, 0.2) is 12.4 Å². The quantitative estimate of drug-likeness (QED) is 0.627. The van der Waals surface area contributed by atoms with Crippen LogP contribution in [-0.2, 0) is 9.47 Å². The third kappa shape index (κ3) is 6.12. The van der Waals surface area contributed by atoms with Crippen LogP contribution in [0.25, 0.3) is 0 Å². The van der Waals surface area contributed by atoms with Crippen molar-refractivity contribution in [3.63, 3.8) is 0 Å². The van der Waals surface area contributed by atoms with Gasteiger partial charge >= 0.3 is 0 Å². The number of carbonyl (C=O) groups is 1. The Morgan fingerprint density at radius 3 is 2.74 bits per heavy atom. The van der Waals surface area contributed by atoms with E-state index in [1.54, 1.807) is 14.2 Å². The van der Waals surface area contributed by atoms with E-state index in [4.69, 9.17) is 9.47 Å². The van der Waals surface area contributed by atoms with Crippen LogP contribution in [0.5, 0.6) is 0 Å². The lowest BCUT2D eigenvalue weighted by molar-refractivity contribution is 0.0688. The molecule has 0 aliphatic rings. The van der Waals surface area contributed by atoms with Gasteiger partial charge in [-0.2, -0.15) is 0 Å². The summed E-state index contributed by atoms with van der Waals surface area (Å²) in [7, 11) is 3.37. The van der Waals surface area contributed by atoms with Crippen molar-refractivity contribution < 1.29 is 14.3 Å². The van der Waals surface area contributed by atoms with Gasteiger partial charge in [0, 0.05) is 27.3 Å². The normalized spacial score (nSPS) is 10.2. The van der Waals surface area contributed by atoms with E-state index in [9.17, 15) is 4.79 Å². The van der Waals surface area contributed by atoms with Gasteiger partial charge in [-0.25, -0.2) is 9.97 Å². The number of hydrogen-bond donors (Lipinski definition) is 2. The summed E-state index contributed by atoms with van der Waals surface area (Å²) in [6.07, 6.45) is 3.70. The van der Waals surface area contributed by atoms with Gasteiger partial charge in [-0.3, -0.25) is 4.79 Å². The molecule has 1 heterocycles. The van der Waals surface area contributed by atoms with Gasteiger partial charge in [-0.1, -0.05) is 0 Å². The minimum atomic E-state index is -0.230. The monoisotopic (exact) mass is 268 g/mol. The smallest absolute Gasteiger partial charge is 0.271 e. The predicted octanol–water partition coefficient (Wildman–Crippen LogP) is 0.301. The lowest BCUT2D eigenvalue weighted by Gasteiger charge is -2.06. The van der Waals surface area contributed by atoms with Gasteiger partial charge < -0.3 is 20.1 Å². The molecule has 0 atom stereocenters. The molecule has 1 aromatic rings. The van der Waals surface area contributed by atoms with Crippen molar-refractivity contribution in [1.29, 1.82) is 0 Å². The molecule has 0 saturated heterocycles. The summed E-state index contributed by atoms with van der Waals surface area (Å²) in [4.78, 5) is 19.7. The molecule has 1 amide bonds. The van der Waals surface area contributed by atoms with Crippen LogP contribution in [0.3, 0.4) is 0 Å². The van der Waals surface area contributed by atoms with Crippen molar-refractivity contribution in [3.8, 4) is 0 Å². The molecule has 2 N–H and O–H groups in total. The summed E-state index contributed by atoms with van der Waals surface area (Å²) < 4.78 is 10.1. The molecule has 7 nitrogen and oxygen atoms in total. The fraction of sp³-hybridized carbons (Fsp3) is 0.583. The molecule has 0 radical (unpaired) electrons. The van der Waals surface area contributed by atoms with Crippen molar-refractivity contribution in [2.24, 2.45) is 0 Å². The maximum Gasteiger partial charge on any atom is 0.271 e. The lowest BCUT2D eigenvalue weighted by atomic mass is 10.4. The number of methoxy groups -OCH3 is 1.